The van der Waals surface area contributed by atoms with Gasteiger partial charge in [0.1, 0.15) is 0 Å². The molecule has 3 heteroatoms. The minimum Gasteiger partial charge on any atom is -0.374 e. The van der Waals surface area contributed by atoms with Crippen LogP contribution in [0.4, 0.5) is 5.69 Å². The lowest BCUT2D eigenvalue weighted by Crippen LogP contribution is -2.27. The molecule has 0 fully saturated rings. The first-order valence-electron chi connectivity index (χ1n) is 5.84. The fourth-order valence-electron chi connectivity index (χ4n) is 2.44. The zero-order chi connectivity index (χ0) is 11.7. The van der Waals surface area contributed by atoms with Crippen LogP contribution in [0.15, 0.2) is 18.2 Å². The van der Waals surface area contributed by atoms with Crippen LogP contribution >= 0.6 is 0 Å². The Bertz CT molecular complexity index is 373. The summed E-state index contributed by atoms with van der Waals surface area (Å²) in [7, 11) is 6.31. The zero-order valence-corrected chi connectivity index (χ0v) is 10.4. The predicted molar refractivity (Wildman–Crippen MR) is 68.9 cm³/mol. The van der Waals surface area contributed by atoms with Crippen LogP contribution in [0.2, 0.25) is 0 Å². The summed E-state index contributed by atoms with van der Waals surface area (Å²) in [4.78, 5) is 4.49. The molecule has 0 bridgehead atoms. The first kappa shape index (κ1) is 11.4. The van der Waals surface area contributed by atoms with Crippen LogP contribution in [0.25, 0.3) is 0 Å². The molecule has 0 aromatic heterocycles. The van der Waals surface area contributed by atoms with Gasteiger partial charge in [-0.25, -0.2) is 0 Å². The zero-order valence-electron chi connectivity index (χ0n) is 10.4. The molecule has 0 spiro atoms. The van der Waals surface area contributed by atoms with Crippen LogP contribution in [0.3, 0.4) is 0 Å². The highest BCUT2D eigenvalue weighted by atomic mass is 15.1. The van der Waals surface area contributed by atoms with Gasteiger partial charge in [0.15, 0.2) is 0 Å². The Morgan fingerprint density at radius 2 is 2.19 bits per heavy atom. The van der Waals surface area contributed by atoms with Crippen molar-refractivity contribution in [1.82, 2.24) is 4.90 Å². The maximum Gasteiger partial charge on any atom is 0.0464 e. The maximum atomic E-state index is 5.83. The second-order valence-electron chi connectivity index (χ2n) is 4.77. The van der Waals surface area contributed by atoms with Crippen molar-refractivity contribution < 1.29 is 0 Å². The second kappa shape index (κ2) is 4.44. The van der Waals surface area contributed by atoms with E-state index in [0.29, 0.717) is 12.6 Å². The molecule has 1 atom stereocenters. The van der Waals surface area contributed by atoms with Crippen LogP contribution in [0.1, 0.15) is 17.2 Å². The second-order valence-corrected chi connectivity index (χ2v) is 4.77. The number of likely N-dealkylation sites (N-methyl/N-ethyl adjacent to an activating group) is 2. The van der Waals surface area contributed by atoms with Gasteiger partial charge in [0.2, 0.25) is 0 Å². The van der Waals surface area contributed by atoms with Gasteiger partial charge in [0.25, 0.3) is 0 Å². The Morgan fingerprint density at radius 3 is 2.81 bits per heavy atom. The summed E-state index contributed by atoms with van der Waals surface area (Å²) in [6.45, 7) is 1.80. The highest BCUT2D eigenvalue weighted by Crippen LogP contribution is 2.30. The van der Waals surface area contributed by atoms with Crippen molar-refractivity contribution >= 4 is 5.69 Å². The minimum atomic E-state index is 0.330. The number of anilines is 1. The lowest BCUT2D eigenvalue weighted by molar-refractivity contribution is 0.306. The number of hydrogen-bond acceptors (Lipinski definition) is 3. The van der Waals surface area contributed by atoms with Gasteiger partial charge in [-0.05, 0) is 37.7 Å². The lowest BCUT2D eigenvalue weighted by Gasteiger charge is -2.24. The van der Waals surface area contributed by atoms with Gasteiger partial charge in [-0.3, -0.25) is 0 Å². The molecule has 88 valence electrons. The average molecular weight is 219 g/mol. The van der Waals surface area contributed by atoms with E-state index >= 15 is 0 Å². The van der Waals surface area contributed by atoms with Crippen molar-refractivity contribution in [3.63, 3.8) is 0 Å². The molecule has 3 nitrogen and oxygen atoms in total. The van der Waals surface area contributed by atoms with E-state index in [9.17, 15) is 0 Å². The maximum absolute atomic E-state index is 5.83. The first-order valence-corrected chi connectivity index (χ1v) is 5.84. The number of hydrogen-bond donors (Lipinski definition) is 1. The molecule has 0 radical (unpaired) electrons. The van der Waals surface area contributed by atoms with Crippen LogP contribution < -0.4 is 10.6 Å². The summed E-state index contributed by atoms with van der Waals surface area (Å²) >= 11 is 0. The summed E-state index contributed by atoms with van der Waals surface area (Å²) in [5.41, 5.74) is 9.99. The summed E-state index contributed by atoms with van der Waals surface area (Å²) in [6.07, 6.45) is 1.16. The Morgan fingerprint density at radius 1 is 1.44 bits per heavy atom. The third kappa shape index (κ3) is 1.93. The van der Waals surface area contributed by atoms with Crippen molar-refractivity contribution in [3.8, 4) is 0 Å². The summed E-state index contributed by atoms with van der Waals surface area (Å²) in [6, 6.07) is 7.08. The van der Waals surface area contributed by atoms with Crippen molar-refractivity contribution in [3.05, 3.63) is 29.3 Å². The fourth-order valence-corrected chi connectivity index (χ4v) is 2.44. The van der Waals surface area contributed by atoms with E-state index in [0.717, 1.165) is 13.0 Å². The third-order valence-corrected chi connectivity index (χ3v) is 3.46. The first-order chi connectivity index (χ1) is 7.63. The quantitative estimate of drug-likeness (QED) is 0.830. The monoisotopic (exact) mass is 219 g/mol. The summed E-state index contributed by atoms with van der Waals surface area (Å²) in [5.74, 6) is 0. The van der Waals surface area contributed by atoms with Gasteiger partial charge in [0, 0.05) is 31.9 Å². The van der Waals surface area contributed by atoms with Crippen LogP contribution in [0.5, 0.6) is 0 Å². The van der Waals surface area contributed by atoms with Crippen LogP contribution in [0, 0.1) is 0 Å². The highest BCUT2D eigenvalue weighted by Gasteiger charge is 2.18. The van der Waals surface area contributed by atoms with Gasteiger partial charge >= 0.3 is 0 Å². The van der Waals surface area contributed by atoms with Crippen molar-refractivity contribution in [2.45, 2.75) is 12.5 Å². The molecule has 2 rings (SSSR count). The van der Waals surface area contributed by atoms with E-state index in [-0.39, 0.29) is 0 Å². The summed E-state index contributed by atoms with van der Waals surface area (Å²) in [5, 5.41) is 0. The molecule has 1 unspecified atom stereocenters. The topological polar surface area (TPSA) is 32.5 Å². The van der Waals surface area contributed by atoms with Gasteiger partial charge < -0.3 is 15.5 Å². The summed E-state index contributed by atoms with van der Waals surface area (Å²) < 4.78 is 0. The predicted octanol–water partition coefficient (Wildman–Crippen LogP) is 1.24. The molecule has 0 saturated carbocycles. The van der Waals surface area contributed by atoms with Crippen molar-refractivity contribution in [2.24, 2.45) is 5.73 Å². The van der Waals surface area contributed by atoms with Gasteiger partial charge in [0.05, 0.1) is 0 Å². The molecule has 16 heavy (non-hydrogen) atoms. The van der Waals surface area contributed by atoms with Crippen LogP contribution in [-0.2, 0) is 6.42 Å². The molecule has 0 amide bonds. The molecular weight excluding hydrogens is 198 g/mol. The molecule has 1 aliphatic rings. The lowest BCUT2D eigenvalue weighted by atomic mass is 10.0. The fraction of sp³-hybridized carbons (Fsp3) is 0.538. The molecule has 1 aromatic carbocycles. The van der Waals surface area contributed by atoms with E-state index in [1.165, 1.54) is 16.8 Å². The number of nitrogens with two attached hydrogens (primary N) is 1. The number of rotatable bonds is 3. The van der Waals surface area contributed by atoms with Gasteiger partial charge in [-0.2, -0.15) is 0 Å². The minimum absolute atomic E-state index is 0.330. The molecular formula is C13H21N3. The van der Waals surface area contributed by atoms with Crippen molar-refractivity contribution in [1.29, 1.82) is 0 Å². The number of nitrogens with zero attached hydrogens (tertiary/aromatic N) is 2. The Labute approximate surface area is 97.8 Å². The Kier molecular flexibility index (Phi) is 3.17. The van der Waals surface area contributed by atoms with E-state index in [1.807, 2.05) is 0 Å². The van der Waals surface area contributed by atoms with E-state index in [1.54, 1.807) is 0 Å². The van der Waals surface area contributed by atoms with Crippen LogP contribution in [-0.4, -0.2) is 39.1 Å². The van der Waals surface area contributed by atoms with Gasteiger partial charge in [-0.1, -0.05) is 12.1 Å². The SMILES string of the molecule is CN1CCc2cc(C(CN)N(C)C)ccc21. The smallest absolute Gasteiger partial charge is 0.0464 e. The Hall–Kier alpha value is -1.06. The molecule has 1 heterocycles. The Balaban J connectivity index is 2.31. The van der Waals surface area contributed by atoms with Crippen molar-refractivity contribution in [2.75, 3.05) is 39.1 Å². The normalized spacial score (nSPS) is 16.7. The standard InChI is InChI=1S/C13H21N3/c1-15(2)13(9-14)10-4-5-12-11(8-10)6-7-16(12)3/h4-5,8,13H,6-7,9,14H2,1-3H3. The number of benzene rings is 1. The van der Waals surface area contributed by atoms with E-state index in [4.69, 9.17) is 5.73 Å². The van der Waals surface area contributed by atoms with E-state index < -0.39 is 0 Å². The highest BCUT2D eigenvalue weighted by molar-refractivity contribution is 5.58. The largest absolute Gasteiger partial charge is 0.374 e. The number of fused-ring (bicyclic) bond motifs is 1. The average Bonchev–Trinajstić information content (AvgIpc) is 2.61. The van der Waals surface area contributed by atoms with E-state index in [2.05, 4.69) is 49.1 Å². The molecule has 1 aromatic rings. The molecule has 1 aliphatic heterocycles. The van der Waals surface area contributed by atoms with Gasteiger partial charge in [-0.15, -0.1) is 0 Å². The molecule has 0 aliphatic carbocycles. The molecule has 2 N–H and O–H groups in total. The third-order valence-electron chi connectivity index (χ3n) is 3.46. The molecule has 0 saturated heterocycles.